The first-order chi connectivity index (χ1) is 11.0. The van der Waals surface area contributed by atoms with Crippen LogP contribution < -0.4 is 5.32 Å². The second kappa shape index (κ2) is 6.38. The van der Waals surface area contributed by atoms with E-state index in [1.165, 1.54) is 12.1 Å². The summed E-state index contributed by atoms with van der Waals surface area (Å²) in [5, 5.41) is 2.82. The van der Waals surface area contributed by atoms with Gasteiger partial charge in [0, 0.05) is 29.4 Å². The van der Waals surface area contributed by atoms with Crippen LogP contribution in [0.5, 0.6) is 0 Å². The van der Waals surface area contributed by atoms with Gasteiger partial charge < -0.3 is 5.32 Å². The Balaban J connectivity index is 1.66. The average molecular weight is 321 g/mol. The number of carbonyl (C=O) groups is 2. The van der Waals surface area contributed by atoms with Crippen molar-refractivity contribution in [2.24, 2.45) is 17.8 Å². The minimum Gasteiger partial charge on any atom is -0.349 e. The number of hydrogen-bond donors (Lipinski definition) is 1. The standard InChI is InChI=1S/C18H21F2NO2/c1-10(15-6-5-14(19)9-16(15)20)21-18(23)13-7-11-3-2-4-12(8-13)17(11)22/h5-6,9-13H,2-4,7-8H2,1H3,(H,21,23). The molecule has 1 N–H and O–H groups in total. The predicted octanol–water partition coefficient (Wildman–Crippen LogP) is 3.54. The molecule has 0 spiro atoms. The lowest BCUT2D eigenvalue weighted by molar-refractivity contribution is -0.137. The minimum atomic E-state index is -0.659. The summed E-state index contributed by atoms with van der Waals surface area (Å²) in [6.07, 6.45) is 4.01. The van der Waals surface area contributed by atoms with Crippen molar-refractivity contribution in [1.29, 1.82) is 0 Å². The first-order valence-corrected chi connectivity index (χ1v) is 8.24. The highest BCUT2D eigenvalue weighted by molar-refractivity contribution is 5.88. The fraction of sp³-hybridized carbons (Fsp3) is 0.556. The summed E-state index contributed by atoms with van der Waals surface area (Å²) >= 11 is 0. The van der Waals surface area contributed by atoms with E-state index in [2.05, 4.69) is 5.32 Å². The molecule has 2 saturated carbocycles. The second-order valence-electron chi connectivity index (χ2n) is 6.79. The zero-order valence-corrected chi connectivity index (χ0v) is 13.1. The maximum absolute atomic E-state index is 13.8. The summed E-state index contributed by atoms with van der Waals surface area (Å²) in [7, 11) is 0. The van der Waals surface area contributed by atoms with E-state index in [-0.39, 0.29) is 29.2 Å². The fourth-order valence-corrected chi connectivity index (χ4v) is 3.96. The number of fused-ring (bicyclic) bond motifs is 2. The van der Waals surface area contributed by atoms with Gasteiger partial charge in [-0.1, -0.05) is 12.5 Å². The number of hydrogen-bond acceptors (Lipinski definition) is 2. The van der Waals surface area contributed by atoms with E-state index in [1.54, 1.807) is 6.92 Å². The molecule has 0 heterocycles. The number of ketones is 1. The van der Waals surface area contributed by atoms with Crippen LogP contribution in [0.1, 0.15) is 50.6 Å². The predicted molar refractivity (Wildman–Crippen MR) is 81.5 cm³/mol. The number of carbonyl (C=O) groups excluding carboxylic acids is 2. The van der Waals surface area contributed by atoms with Crippen LogP contribution in [0.15, 0.2) is 18.2 Å². The van der Waals surface area contributed by atoms with Gasteiger partial charge >= 0.3 is 0 Å². The van der Waals surface area contributed by atoms with Crippen molar-refractivity contribution in [2.75, 3.05) is 0 Å². The van der Waals surface area contributed by atoms with E-state index >= 15 is 0 Å². The van der Waals surface area contributed by atoms with Crippen molar-refractivity contribution in [2.45, 2.75) is 45.1 Å². The van der Waals surface area contributed by atoms with Gasteiger partial charge in [0.25, 0.3) is 0 Å². The smallest absolute Gasteiger partial charge is 0.223 e. The van der Waals surface area contributed by atoms with E-state index in [4.69, 9.17) is 0 Å². The summed E-state index contributed by atoms with van der Waals surface area (Å²) in [4.78, 5) is 24.6. The quantitative estimate of drug-likeness (QED) is 0.925. The average Bonchev–Trinajstić information content (AvgIpc) is 2.46. The van der Waals surface area contributed by atoms with Crippen molar-refractivity contribution < 1.29 is 18.4 Å². The Morgan fingerprint density at radius 2 is 1.87 bits per heavy atom. The van der Waals surface area contributed by atoms with Gasteiger partial charge in [-0.15, -0.1) is 0 Å². The summed E-state index contributed by atoms with van der Waals surface area (Å²) in [5.41, 5.74) is 0.270. The summed E-state index contributed by atoms with van der Waals surface area (Å²) < 4.78 is 26.8. The van der Waals surface area contributed by atoms with E-state index < -0.39 is 17.7 Å². The number of nitrogens with one attached hydrogen (secondary N) is 1. The molecule has 3 nitrogen and oxygen atoms in total. The maximum Gasteiger partial charge on any atom is 0.223 e. The Morgan fingerprint density at radius 1 is 1.22 bits per heavy atom. The lowest BCUT2D eigenvalue weighted by Gasteiger charge is -2.37. The number of amides is 1. The fourth-order valence-electron chi connectivity index (χ4n) is 3.96. The van der Waals surface area contributed by atoms with Gasteiger partial charge in [-0.25, -0.2) is 8.78 Å². The van der Waals surface area contributed by atoms with Crippen LogP contribution in [0.2, 0.25) is 0 Å². The molecule has 0 radical (unpaired) electrons. The highest BCUT2D eigenvalue weighted by atomic mass is 19.1. The molecule has 23 heavy (non-hydrogen) atoms. The Kier molecular flexibility index (Phi) is 4.46. The molecule has 124 valence electrons. The Labute approximate surface area is 134 Å². The first-order valence-electron chi connectivity index (χ1n) is 8.24. The van der Waals surface area contributed by atoms with Crippen molar-refractivity contribution in [3.05, 3.63) is 35.4 Å². The molecule has 2 fully saturated rings. The molecule has 1 amide bonds. The number of benzene rings is 1. The molecule has 3 unspecified atom stereocenters. The lowest BCUT2D eigenvalue weighted by atomic mass is 9.67. The van der Waals surface area contributed by atoms with Gasteiger partial charge in [0.05, 0.1) is 6.04 Å². The largest absolute Gasteiger partial charge is 0.349 e. The molecule has 1 aromatic carbocycles. The third-order valence-electron chi connectivity index (χ3n) is 5.21. The summed E-state index contributed by atoms with van der Waals surface area (Å²) in [5.74, 6) is -1.28. The van der Waals surface area contributed by atoms with Crippen molar-refractivity contribution in [3.8, 4) is 0 Å². The minimum absolute atomic E-state index is 0.0103. The van der Waals surface area contributed by atoms with E-state index in [0.717, 1.165) is 25.3 Å². The topological polar surface area (TPSA) is 46.2 Å². The molecule has 0 saturated heterocycles. The normalized spacial score (nSPS) is 28.3. The Hall–Kier alpha value is -1.78. The number of Topliss-reactive ketones (excluding diaryl/α,β-unsaturated/α-hetero) is 1. The van der Waals surface area contributed by atoms with Gasteiger partial charge in [-0.05, 0) is 38.7 Å². The second-order valence-corrected chi connectivity index (χ2v) is 6.79. The van der Waals surface area contributed by atoms with E-state index in [0.29, 0.717) is 18.6 Å². The molecule has 2 bridgehead atoms. The zero-order valence-electron chi connectivity index (χ0n) is 13.1. The molecule has 3 rings (SSSR count). The van der Waals surface area contributed by atoms with Crippen LogP contribution in [-0.2, 0) is 9.59 Å². The van der Waals surface area contributed by atoms with Gasteiger partial charge in [0.15, 0.2) is 0 Å². The molecule has 5 heteroatoms. The van der Waals surface area contributed by atoms with E-state index in [1.807, 2.05) is 0 Å². The van der Waals surface area contributed by atoms with Crippen LogP contribution in [0, 0.1) is 29.4 Å². The number of rotatable bonds is 3. The van der Waals surface area contributed by atoms with Crippen molar-refractivity contribution in [3.63, 3.8) is 0 Å². The molecular weight excluding hydrogens is 300 g/mol. The SMILES string of the molecule is CC(NC(=O)C1CC2CCCC(C1)C2=O)c1ccc(F)cc1F. The molecule has 2 aliphatic carbocycles. The molecule has 0 aliphatic heterocycles. The summed E-state index contributed by atoms with van der Waals surface area (Å²) in [6.45, 7) is 1.68. The van der Waals surface area contributed by atoms with Gasteiger partial charge in [-0.3, -0.25) is 9.59 Å². The van der Waals surface area contributed by atoms with Gasteiger partial charge in [0.1, 0.15) is 17.4 Å². The zero-order chi connectivity index (χ0) is 16.6. The third-order valence-corrected chi connectivity index (χ3v) is 5.21. The Morgan fingerprint density at radius 3 is 2.48 bits per heavy atom. The highest BCUT2D eigenvalue weighted by Gasteiger charge is 2.41. The molecule has 3 atom stereocenters. The van der Waals surface area contributed by atoms with Crippen molar-refractivity contribution >= 4 is 11.7 Å². The molecule has 1 aromatic rings. The maximum atomic E-state index is 13.8. The first kappa shape index (κ1) is 16.1. The van der Waals surface area contributed by atoms with Crippen LogP contribution in [-0.4, -0.2) is 11.7 Å². The highest BCUT2D eigenvalue weighted by Crippen LogP contribution is 2.40. The molecular formula is C18H21F2NO2. The molecule has 2 aliphatic rings. The van der Waals surface area contributed by atoms with Crippen LogP contribution in [0.4, 0.5) is 8.78 Å². The third kappa shape index (κ3) is 3.28. The number of halogens is 2. The summed E-state index contributed by atoms with van der Waals surface area (Å²) in [6, 6.07) is 2.83. The van der Waals surface area contributed by atoms with E-state index in [9.17, 15) is 18.4 Å². The monoisotopic (exact) mass is 321 g/mol. The Bertz CT molecular complexity index is 615. The van der Waals surface area contributed by atoms with Gasteiger partial charge in [-0.2, -0.15) is 0 Å². The van der Waals surface area contributed by atoms with Crippen molar-refractivity contribution in [1.82, 2.24) is 5.32 Å². The van der Waals surface area contributed by atoms with Crippen LogP contribution >= 0.6 is 0 Å². The van der Waals surface area contributed by atoms with Gasteiger partial charge in [0.2, 0.25) is 5.91 Å². The van der Waals surface area contributed by atoms with Crippen LogP contribution in [0.25, 0.3) is 0 Å². The van der Waals surface area contributed by atoms with Crippen LogP contribution in [0.3, 0.4) is 0 Å². The lowest BCUT2D eigenvalue weighted by Crippen LogP contribution is -2.43. The molecule has 0 aromatic heterocycles.